The maximum Gasteiger partial charge on any atom is 0.0496 e. The van der Waals surface area contributed by atoms with E-state index in [4.69, 9.17) is 5.73 Å². The Kier molecular flexibility index (Phi) is 4.72. The largest absolute Gasteiger partial charge is 0.326 e. The summed E-state index contributed by atoms with van der Waals surface area (Å²) >= 11 is 3.59. The highest BCUT2D eigenvalue weighted by atomic mass is 79.9. The average Bonchev–Trinajstić information content (AvgIpc) is 2.90. The van der Waals surface area contributed by atoms with Gasteiger partial charge in [-0.1, -0.05) is 40.9 Å². The fourth-order valence-electron chi connectivity index (χ4n) is 4.44. The highest BCUT2D eigenvalue weighted by Crippen LogP contribution is 2.47. The molecule has 1 aromatic rings. The summed E-state index contributed by atoms with van der Waals surface area (Å²) in [6.45, 7) is 4.56. The highest BCUT2D eigenvalue weighted by molar-refractivity contribution is 9.10. The van der Waals surface area contributed by atoms with Crippen LogP contribution in [0.25, 0.3) is 0 Å². The fourth-order valence-corrected chi connectivity index (χ4v) is 4.86. The molecule has 116 valence electrons. The molecule has 2 nitrogen and oxygen atoms in total. The van der Waals surface area contributed by atoms with E-state index < -0.39 is 0 Å². The molecule has 0 amide bonds. The van der Waals surface area contributed by atoms with Gasteiger partial charge in [-0.25, -0.2) is 0 Å². The number of nitrogens with two attached hydrogens (primary N) is 1. The van der Waals surface area contributed by atoms with Crippen molar-refractivity contribution >= 4 is 15.9 Å². The molecule has 2 unspecified atom stereocenters. The van der Waals surface area contributed by atoms with Crippen molar-refractivity contribution < 1.29 is 0 Å². The Balaban J connectivity index is 1.74. The number of hydrogen-bond donors (Lipinski definition) is 1. The van der Waals surface area contributed by atoms with Gasteiger partial charge < -0.3 is 5.73 Å². The Labute approximate surface area is 137 Å². The van der Waals surface area contributed by atoms with E-state index >= 15 is 0 Å². The smallest absolute Gasteiger partial charge is 0.0496 e. The normalized spacial score (nSPS) is 25.1. The SMILES string of the molecule is CC(N)C(c1cccc(Br)c1)N1CCC2(CCCC2)CC1. The van der Waals surface area contributed by atoms with Gasteiger partial charge in [0, 0.05) is 16.6 Å². The zero-order chi connectivity index (χ0) is 14.9. The first-order valence-electron chi connectivity index (χ1n) is 8.35. The Morgan fingerprint density at radius 3 is 2.38 bits per heavy atom. The molecular formula is C18H27BrN2. The summed E-state index contributed by atoms with van der Waals surface area (Å²) in [4.78, 5) is 2.62. The van der Waals surface area contributed by atoms with Gasteiger partial charge in [-0.15, -0.1) is 0 Å². The van der Waals surface area contributed by atoms with Crippen LogP contribution in [0.4, 0.5) is 0 Å². The van der Waals surface area contributed by atoms with Crippen molar-refractivity contribution in [2.24, 2.45) is 11.1 Å². The van der Waals surface area contributed by atoms with Gasteiger partial charge in [-0.05, 0) is 68.8 Å². The van der Waals surface area contributed by atoms with Crippen LogP contribution in [-0.2, 0) is 0 Å². The average molecular weight is 351 g/mol. The van der Waals surface area contributed by atoms with Crippen LogP contribution in [0.1, 0.15) is 57.1 Å². The zero-order valence-electron chi connectivity index (χ0n) is 13.0. The standard InChI is InChI=1S/C18H27BrN2/c1-14(20)17(15-5-4-6-16(19)13-15)21-11-9-18(10-12-21)7-2-3-8-18/h4-6,13-14,17H,2-3,7-12,20H2,1H3. The molecule has 2 fully saturated rings. The van der Waals surface area contributed by atoms with Gasteiger partial charge in [0.05, 0.1) is 0 Å². The predicted octanol–water partition coefficient (Wildman–Crippen LogP) is 4.49. The van der Waals surface area contributed by atoms with Crippen molar-refractivity contribution in [3.05, 3.63) is 34.3 Å². The number of nitrogens with zero attached hydrogens (tertiary/aromatic N) is 1. The topological polar surface area (TPSA) is 29.3 Å². The van der Waals surface area contributed by atoms with E-state index in [1.165, 1.54) is 57.2 Å². The molecule has 1 aliphatic heterocycles. The highest BCUT2D eigenvalue weighted by Gasteiger charge is 2.39. The van der Waals surface area contributed by atoms with Crippen molar-refractivity contribution in [1.29, 1.82) is 0 Å². The number of benzene rings is 1. The van der Waals surface area contributed by atoms with Crippen molar-refractivity contribution in [2.45, 2.75) is 57.5 Å². The van der Waals surface area contributed by atoms with E-state index in [1.54, 1.807) is 0 Å². The number of piperidine rings is 1. The van der Waals surface area contributed by atoms with Crippen LogP contribution in [-0.4, -0.2) is 24.0 Å². The lowest BCUT2D eigenvalue weighted by Gasteiger charge is -2.44. The minimum atomic E-state index is 0.164. The summed E-state index contributed by atoms with van der Waals surface area (Å²) in [5.41, 5.74) is 8.36. The first kappa shape index (κ1) is 15.5. The molecule has 3 heteroatoms. The number of likely N-dealkylation sites (tertiary alicyclic amines) is 1. The summed E-state index contributed by atoms with van der Waals surface area (Å²) in [5, 5.41) is 0. The van der Waals surface area contributed by atoms with Crippen molar-refractivity contribution in [3.8, 4) is 0 Å². The summed E-state index contributed by atoms with van der Waals surface area (Å²) in [5.74, 6) is 0. The molecule has 1 spiro atoms. The third-order valence-corrected chi connectivity index (χ3v) is 6.10. The van der Waals surface area contributed by atoms with E-state index in [0.717, 1.165) is 4.47 Å². The fraction of sp³-hybridized carbons (Fsp3) is 0.667. The third kappa shape index (κ3) is 3.35. The van der Waals surface area contributed by atoms with Crippen LogP contribution >= 0.6 is 15.9 Å². The second-order valence-electron chi connectivity index (χ2n) is 7.10. The summed E-state index contributed by atoms with van der Waals surface area (Å²) in [6.07, 6.45) is 8.54. The minimum Gasteiger partial charge on any atom is -0.326 e. The van der Waals surface area contributed by atoms with E-state index in [9.17, 15) is 0 Å². The predicted molar refractivity (Wildman–Crippen MR) is 92.2 cm³/mol. The molecular weight excluding hydrogens is 324 g/mol. The minimum absolute atomic E-state index is 0.164. The summed E-state index contributed by atoms with van der Waals surface area (Å²) in [7, 11) is 0. The maximum absolute atomic E-state index is 6.34. The Bertz CT molecular complexity index is 470. The molecule has 1 aromatic carbocycles. The number of hydrogen-bond acceptors (Lipinski definition) is 2. The monoisotopic (exact) mass is 350 g/mol. The van der Waals surface area contributed by atoms with Crippen LogP contribution < -0.4 is 5.73 Å². The van der Waals surface area contributed by atoms with Crippen LogP contribution in [0.3, 0.4) is 0 Å². The van der Waals surface area contributed by atoms with Crippen molar-refractivity contribution in [1.82, 2.24) is 4.90 Å². The molecule has 0 bridgehead atoms. The number of halogens is 1. The van der Waals surface area contributed by atoms with Crippen molar-refractivity contribution in [2.75, 3.05) is 13.1 Å². The quantitative estimate of drug-likeness (QED) is 0.869. The summed E-state index contributed by atoms with van der Waals surface area (Å²) < 4.78 is 1.15. The molecule has 1 saturated heterocycles. The molecule has 0 radical (unpaired) electrons. The summed E-state index contributed by atoms with van der Waals surface area (Å²) in [6, 6.07) is 9.17. The molecule has 2 atom stereocenters. The van der Waals surface area contributed by atoms with Gasteiger partial charge in [-0.2, -0.15) is 0 Å². The van der Waals surface area contributed by atoms with E-state index in [-0.39, 0.29) is 6.04 Å². The lowest BCUT2D eigenvalue weighted by atomic mass is 9.76. The first-order valence-corrected chi connectivity index (χ1v) is 9.14. The van der Waals surface area contributed by atoms with Gasteiger partial charge in [0.15, 0.2) is 0 Å². The van der Waals surface area contributed by atoms with Crippen LogP contribution in [0.2, 0.25) is 0 Å². The molecule has 2 aliphatic rings. The van der Waals surface area contributed by atoms with E-state index in [2.05, 4.69) is 52.0 Å². The van der Waals surface area contributed by atoms with Gasteiger partial charge >= 0.3 is 0 Å². The van der Waals surface area contributed by atoms with Crippen LogP contribution in [0, 0.1) is 5.41 Å². The van der Waals surface area contributed by atoms with Crippen molar-refractivity contribution in [3.63, 3.8) is 0 Å². The maximum atomic E-state index is 6.34. The van der Waals surface area contributed by atoms with Gasteiger partial charge in [0.2, 0.25) is 0 Å². The Morgan fingerprint density at radius 1 is 1.14 bits per heavy atom. The lowest BCUT2D eigenvalue weighted by Crippen LogP contribution is -2.46. The third-order valence-electron chi connectivity index (χ3n) is 5.60. The van der Waals surface area contributed by atoms with Crippen LogP contribution in [0.15, 0.2) is 28.7 Å². The molecule has 21 heavy (non-hydrogen) atoms. The Morgan fingerprint density at radius 2 is 1.81 bits per heavy atom. The van der Waals surface area contributed by atoms with Gasteiger partial charge in [0.1, 0.15) is 0 Å². The van der Waals surface area contributed by atoms with E-state index in [0.29, 0.717) is 11.5 Å². The second kappa shape index (κ2) is 6.39. The zero-order valence-corrected chi connectivity index (χ0v) is 14.6. The van der Waals surface area contributed by atoms with Crippen LogP contribution in [0.5, 0.6) is 0 Å². The lowest BCUT2D eigenvalue weighted by molar-refractivity contribution is 0.0677. The molecule has 1 saturated carbocycles. The molecule has 0 aromatic heterocycles. The molecule has 1 heterocycles. The van der Waals surface area contributed by atoms with Gasteiger partial charge in [0.25, 0.3) is 0 Å². The van der Waals surface area contributed by atoms with Gasteiger partial charge in [-0.3, -0.25) is 4.90 Å². The molecule has 3 rings (SSSR count). The Hall–Kier alpha value is -0.380. The second-order valence-corrected chi connectivity index (χ2v) is 8.02. The molecule has 1 aliphatic carbocycles. The van der Waals surface area contributed by atoms with E-state index in [1.807, 2.05) is 0 Å². The number of rotatable bonds is 3. The molecule has 2 N–H and O–H groups in total. The first-order chi connectivity index (χ1) is 10.1.